The highest BCUT2D eigenvalue weighted by Gasteiger charge is 2.16. The molecular formula is C18H21BrN6O2. The topological polar surface area (TPSA) is 97.1 Å². The number of unbranched alkanes of at least 4 members (excludes halogenated alkanes) is 2. The van der Waals surface area contributed by atoms with E-state index in [1.54, 1.807) is 17.8 Å². The minimum Gasteiger partial charge on any atom is -0.303 e. The van der Waals surface area contributed by atoms with Crippen LogP contribution in [0.3, 0.4) is 0 Å². The third-order valence-electron chi connectivity index (χ3n) is 4.24. The highest BCUT2D eigenvalue weighted by Crippen LogP contribution is 2.17. The van der Waals surface area contributed by atoms with E-state index in [4.69, 9.17) is 0 Å². The van der Waals surface area contributed by atoms with Crippen molar-refractivity contribution in [1.29, 1.82) is 0 Å². The molecule has 0 unspecified atom stereocenters. The van der Waals surface area contributed by atoms with Gasteiger partial charge in [-0.05, 0) is 24.1 Å². The van der Waals surface area contributed by atoms with Gasteiger partial charge in [0.05, 0.1) is 6.21 Å². The van der Waals surface area contributed by atoms with Crippen LogP contribution in [0.15, 0.2) is 43.4 Å². The quantitative estimate of drug-likeness (QED) is 0.340. The largest absolute Gasteiger partial charge is 0.329 e. The molecule has 1 aromatic carbocycles. The van der Waals surface area contributed by atoms with Gasteiger partial charge in [0.25, 0.3) is 5.56 Å². The van der Waals surface area contributed by atoms with Crippen molar-refractivity contribution in [3.8, 4) is 0 Å². The van der Waals surface area contributed by atoms with Crippen LogP contribution in [0.25, 0.3) is 11.2 Å². The van der Waals surface area contributed by atoms with E-state index in [1.807, 2.05) is 24.3 Å². The molecule has 9 heteroatoms. The third-order valence-corrected chi connectivity index (χ3v) is 4.77. The summed E-state index contributed by atoms with van der Waals surface area (Å²) >= 11 is 3.39. The van der Waals surface area contributed by atoms with Crippen LogP contribution in [0, 0.1) is 0 Å². The van der Waals surface area contributed by atoms with E-state index >= 15 is 0 Å². The Morgan fingerprint density at radius 1 is 1.26 bits per heavy atom. The normalized spacial score (nSPS) is 11.5. The van der Waals surface area contributed by atoms with Gasteiger partial charge in [-0.15, -0.1) is 0 Å². The zero-order valence-electron chi connectivity index (χ0n) is 15.2. The monoisotopic (exact) mass is 432 g/mol. The number of halogens is 1. The number of fused-ring (bicyclic) bond motifs is 1. The molecule has 0 aliphatic heterocycles. The van der Waals surface area contributed by atoms with Crippen molar-refractivity contribution < 1.29 is 0 Å². The van der Waals surface area contributed by atoms with Gasteiger partial charge in [-0.3, -0.25) is 14.3 Å². The zero-order chi connectivity index (χ0) is 19.4. The average Bonchev–Trinajstić information content (AvgIpc) is 3.01. The Hall–Kier alpha value is -2.68. The number of anilines is 1. The summed E-state index contributed by atoms with van der Waals surface area (Å²) in [5.74, 6) is 0.432. The maximum absolute atomic E-state index is 12.3. The van der Waals surface area contributed by atoms with E-state index in [1.165, 1.54) is 4.57 Å². The van der Waals surface area contributed by atoms with Crippen LogP contribution in [0.5, 0.6) is 0 Å². The molecule has 27 heavy (non-hydrogen) atoms. The summed E-state index contributed by atoms with van der Waals surface area (Å²) in [5, 5.41) is 4.23. The molecule has 2 heterocycles. The van der Waals surface area contributed by atoms with Gasteiger partial charge in [-0.1, -0.05) is 47.8 Å². The molecule has 2 aromatic heterocycles. The van der Waals surface area contributed by atoms with Gasteiger partial charge in [-0.2, -0.15) is 10.1 Å². The Kier molecular flexibility index (Phi) is 5.90. The van der Waals surface area contributed by atoms with Crippen LogP contribution in [0.1, 0.15) is 31.7 Å². The average molecular weight is 433 g/mol. The van der Waals surface area contributed by atoms with Gasteiger partial charge in [0.1, 0.15) is 0 Å². The van der Waals surface area contributed by atoms with Gasteiger partial charge in [0.15, 0.2) is 11.2 Å². The lowest BCUT2D eigenvalue weighted by Gasteiger charge is -2.07. The number of aryl methyl sites for hydroxylation is 2. The SMILES string of the molecule is CCCCCn1c(NN=Cc2ccc(Br)cc2)nc2c1c(=O)[nH]c(=O)n2C. The van der Waals surface area contributed by atoms with E-state index in [-0.39, 0.29) is 0 Å². The van der Waals surface area contributed by atoms with Crippen LogP contribution in [-0.4, -0.2) is 25.3 Å². The van der Waals surface area contributed by atoms with Crippen LogP contribution < -0.4 is 16.7 Å². The van der Waals surface area contributed by atoms with E-state index < -0.39 is 11.2 Å². The highest BCUT2D eigenvalue weighted by atomic mass is 79.9. The van der Waals surface area contributed by atoms with Gasteiger partial charge in [0, 0.05) is 18.1 Å². The second-order valence-electron chi connectivity index (χ2n) is 6.21. The molecule has 0 radical (unpaired) electrons. The van der Waals surface area contributed by atoms with Gasteiger partial charge >= 0.3 is 5.69 Å². The summed E-state index contributed by atoms with van der Waals surface area (Å²) in [4.78, 5) is 31.0. The standard InChI is InChI=1S/C18H21BrN6O2/c1-3-4-5-10-25-14-15(24(2)18(27)22-16(14)26)21-17(25)23-20-11-12-6-8-13(19)9-7-12/h6-9,11H,3-5,10H2,1-2H3,(H,21,23)(H,22,26,27). The van der Waals surface area contributed by atoms with Crippen LogP contribution in [-0.2, 0) is 13.6 Å². The molecule has 0 aliphatic carbocycles. The Labute approximate surface area is 164 Å². The lowest BCUT2D eigenvalue weighted by molar-refractivity contribution is 0.615. The maximum atomic E-state index is 12.3. The lowest BCUT2D eigenvalue weighted by atomic mass is 10.2. The number of hydrogen-bond acceptors (Lipinski definition) is 5. The second kappa shape index (κ2) is 8.34. The van der Waals surface area contributed by atoms with E-state index in [9.17, 15) is 9.59 Å². The van der Waals surface area contributed by atoms with E-state index in [0.29, 0.717) is 23.7 Å². The van der Waals surface area contributed by atoms with Crippen molar-refractivity contribution in [2.24, 2.45) is 12.1 Å². The van der Waals surface area contributed by atoms with Crippen molar-refractivity contribution in [2.45, 2.75) is 32.7 Å². The third kappa shape index (κ3) is 4.19. The zero-order valence-corrected chi connectivity index (χ0v) is 16.8. The van der Waals surface area contributed by atoms with Crippen LogP contribution in [0.2, 0.25) is 0 Å². The summed E-state index contributed by atoms with van der Waals surface area (Å²) in [6.45, 7) is 2.73. The van der Waals surface area contributed by atoms with E-state index in [0.717, 1.165) is 29.3 Å². The Balaban J connectivity index is 1.97. The Morgan fingerprint density at radius 2 is 2.00 bits per heavy atom. The first-order valence-corrected chi connectivity index (χ1v) is 9.54. The number of hydrazone groups is 1. The fraction of sp³-hybridized carbons (Fsp3) is 0.333. The number of nitrogens with one attached hydrogen (secondary N) is 2. The van der Waals surface area contributed by atoms with Crippen LogP contribution >= 0.6 is 15.9 Å². The van der Waals surface area contributed by atoms with Crippen LogP contribution in [0.4, 0.5) is 5.95 Å². The minimum absolute atomic E-state index is 0.335. The number of hydrogen-bond donors (Lipinski definition) is 2. The maximum Gasteiger partial charge on any atom is 0.329 e. The first-order chi connectivity index (χ1) is 13.0. The fourth-order valence-electron chi connectivity index (χ4n) is 2.77. The van der Waals surface area contributed by atoms with Crippen molar-refractivity contribution >= 4 is 39.3 Å². The number of aromatic nitrogens is 4. The number of aromatic amines is 1. The van der Waals surface area contributed by atoms with Gasteiger partial charge < -0.3 is 4.57 Å². The minimum atomic E-state index is -0.490. The molecule has 0 spiro atoms. The molecule has 142 valence electrons. The smallest absolute Gasteiger partial charge is 0.303 e. The van der Waals surface area contributed by atoms with Gasteiger partial charge in [0.2, 0.25) is 5.95 Å². The Bertz CT molecular complexity index is 1080. The molecule has 0 atom stereocenters. The first-order valence-electron chi connectivity index (χ1n) is 8.75. The molecule has 2 N–H and O–H groups in total. The number of H-pyrrole nitrogens is 1. The summed E-state index contributed by atoms with van der Waals surface area (Å²) in [6.07, 6.45) is 4.66. The molecule has 0 bridgehead atoms. The summed E-state index contributed by atoms with van der Waals surface area (Å²) < 4.78 is 4.10. The first kappa shape index (κ1) is 19.1. The molecule has 0 aliphatic rings. The fourth-order valence-corrected chi connectivity index (χ4v) is 3.04. The van der Waals surface area contributed by atoms with Crippen molar-refractivity contribution in [3.05, 3.63) is 55.1 Å². The predicted molar refractivity (Wildman–Crippen MR) is 110 cm³/mol. The molecule has 0 fully saturated rings. The number of rotatable bonds is 7. The number of nitrogens with zero attached hydrogens (tertiary/aromatic N) is 4. The van der Waals surface area contributed by atoms with Crippen molar-refractivity contribution in [1.82, 2.24) is 19.1 Å². The van der Waals surface area contributed by atoms with Crippen molar-refractivity contribution in [3.63, 3.8) is 0 Å². The summed E-state index contributed by atoms with van der Waals surface area (Å²) in [7, 11) is 1.58. The summed E-state index contributed by atoms with van der Waals surface area (Å²) in [5.41, 5.74) is 3.60. The molecule has 0 saturated carbocycles. The Morgan fingerprint density at radius 3 is 2.70 bits per heavy atom. The molecule has 3 rings (SSSR count). The highest BCUT2D eigenvalue weighted by molar-refractivity contribution is 9.10. The number of benzene rings is 1. The molecular weight excluding hydrogens is 412 g/mol. The van der Waals surface area contributed by atoms with E-state index in [2.05, 4.69) is 43.3 Å². The molecule has 0 saturated heterocycles. The molecule has 8 nitrogen and oxygen atoms in total. The molecule has 0 amide bonds. The lowest BCUT2D eigenvalue weighted by Crippen LogP contribution is -2.29. The number of imidazole rings is 1. The summed E-state index contributed by atoms with van der Waals surface area (Å²) in [6, 6.07) is 7.70. The predicted octanol–water partition coefficient (Wildman–Crippen LogP) is 2.82. The molecule has 3 aromatic rings. The van der Waals surface area contributed by atoms with Gasteiger partial charge in [-0.25, -0.2) is 10.2 Å². The van der Waals surface area contributed by atoms with Crippen molar-refractivity contribution in [2.75, 3.05) is 5.43 Å². The second-order valence-corrected chi connectivity index (χ2v) is 7.12.